The lowest BCUT2D eigenvalue weighted by Gasteiger charge is -2.20. The van der Waals surface area contributed by atoms with E-state index in [0.29, 0.717) is 6.04 Å². The first-order chi connectivity index (χ1) is 9.56. The van der Waals surface area contributed by atoms with Crippen molar-refractivity contribution in [3.05, 3.63) is 28.2 Å². The highest BCUT2D eigenvalue weighted by molar-refractivity contribution is 9.10. The molecule has 0 radical (unpaired) electrons. The van der Waals surface area contributed by atoms with Crippen molar-refractivity contribution < 1.29 is 9.47 Å². The number of hydrogen-bond donors (Lipinski definition) is 1. The van der Waals surface area contributed by atoms with Crippen LogP contribution in [0.15, 0.2) is 22.7 Å². The van der Waals surface area contributed by atoms with Gasteiger partial charge in [0.15, 0.2) is 0 Å². The zero-order valence-corrected chi connectivity index (χ0v) is 14.5. The molecule has 20 heavy (non-hydrogen) atoms. The first-order valence-corrected chi connectivity index (χ1v) is 8.03. The summed E-state index contributed by atoms with van der Waals surface area (Å²) < 4.78 is 12.0. The van der Waals surface area contributed by atoms with Gasteiger partial charge in [0.2, 0.25) is 0 Å². The Labute approximate surface area is 131 Å². The molecule has 1 aromatic carbocycles. The Morgan fingerprint density at radius 2 is 2.05 bits per heavy atom. The van der Waals surface area contributed by atoms with Crippen molar-refractivity contribution in [1.82, 2.24) is 5.32 Å². The van der Waals surface area contributed by atoms with Crippen molar-refractivity contribution in [3.63, 3.8) is 0 Å². The first kappa shape index (κ1) is 17.5. The molecule has 0 aliphatic heterocycles. The summed E-state index contributed by atoms with van der Waals surface area (Å²) in [5, 5.41) is 3.55. The molecule has 0 bridgehead atoms. The third-order valence-electron chi connectivity index (χ3n) is 3.01. The quantitative estimate of drug-likeness (QED) is 0.739. The van der Waals surface area contributed by atoms with E-state index in [2.05, 4.69) is 54.2 Å². The van der Waals surface area contributed by atoms with Gasteiger partial charge < -0.3 is 14.8 Å². The van der Waals surface area contributed by atoms with E-state index in [1.54, 1.807) is 7.11 Å². The molecule has 4 heteroatoms. The fourth-order valence-corrected chi connectivity index (χ4v) is 2.56. The Bertz CT molecular complexity index is 396. The highest BCUT2D eigenvalue weighted by Gasteiger charge is 2.11. The van der Waals surface area contributed by atoms with Crippen LogP contribution in [0.5, 0.6) is 5.75 Å². The fraction of sp³-hybridized carbons (Fsp3) is 0.625. The summed E-state index contributed by atoms with van der Waals surface area (Å²) in [6, 6.07) is 6.58. The second-order valence-corrected chi connectivity index (χ2v) is 6.06. The molecule has 0 heterocycles. The lowest BCUT2D eigenvalue weighted by Crippen LogP contribution is -2.36. The van der Waals surface area contributed by atoms with Crippen molar-refractivity contribution in [2.24, 2.45) is 0 Å². The maximum absolute atomic E-state index is 5.75. The minimum Gasteiger partial charge on any atom is -0.496 e. The van der Waals surface area contributed by atoms with Crippen LogP contribution >= 0.6 is 15.9 Å². The van der Waals surface area contributed by atoms with Crippen LogP contribution in [-0.2, 0) is 11.2 Å². The topological polar surface area (TPSA) is 30.5 Å². The van der Waals surface area contributed by atoms with E-state index in [9.17, 15) is 0 Å². The molecule has 0 saturated carbocycles. The summed E-state index contributed by atoms with van der Waals surface area (Å²) in [4.78, 5) is 0. The smallest absolute Gasteiger partial charge is 0.133 e. The van der Waals surface area contributed by atoms with Crippen LogP contribution in [-0.4, -0.2) is 32.4 Å². The zero-order chi connectivity index (χ0) is 15.0. The first-order valence-electron chi connectivity index (χ1n) is 7.24. The monoisotopic (exact) mass is 343 g/mol. The molecule has 0 fully saturated rings. The van der Waals surface area contributed by atoms with E-state index in [1.807, 2.05) is 6.07 Å². The van der Waals surface area contributed by atoms with E-state index in [0.717, 1.165) is 36.2 Å². The summed E-state index contributed by atoms with van der Waals surface area (Å²) in [5.74, 6) is 0.866. The number of halogens is 1. The van der Waals surface area contributed by atoms with Gasteiger partial charge in [0.25, 0.3) is 0 Å². The molecule has 1 unspecified atom stereocenters. The SMILES string of the molecule is CCCNC(COC(C)C)Cc1ccc(OC)c(Br)c1. The molecular weight excluding hydrogens is 318 g/mol. The van der Waals surface area contributed by atoms with Gasteiger partial charge in [0.05, 0.1) is 24.3 Å². The normalized spacial score (nSPS) is 12.7. The Morgan fingerprint density at radius 3 is 2.60 bits per heavy atom. The Kier molecular flexibility index (Phi) is 8.19. The van der Waals surface area contributed by atoms with E-state index in [-0.39, 0.29) is 6.10 Å². The number of hydrogen-bond acceptors (Lipinski definition) is 3. The van der Waals surface area contributed by atoms with Gasteiger partial charge in [-0.3, -0.25) is 0 Å². The summed E-state index contributed by atoms with van der Waals surface area (Å²) in [6.07, 6.45) is 2.35. The van der Waals surface area contributed by atoms with Crippen LogP contribution in [0.1, 0.15) is 32.8 Å². The average molecular weight is 344 g/mol. The fourth-order valence-electron chi connectivity index (χ4n) is 1.97. The maximum atomic E-state index is 5.75. The molecule has 1 aromatic rings. The van der Waals surface area contributed by atoms with E-state index >= 15 is 0 Å². The van der Waals surface area contributed by atoms with Gasteiger partial charge in [-0.15, -0.1) is 0 Å². The molecule has 0 spiro atoms. The highest BCUT2D eigenvalue weighted by Crippen LogP contribution is 2.26. The minimum atomic E-state index is 0.267. The van der Waals surface area contributed by atoms with Crippen molar-refractivity contribution in [2.45, 2.75) is 45.8 Å². The van der Waals surface area contributed by atoms with Crippen LogP contribution in [0.25, 0.3) is 0 Å². The lowest BCUT2D eigenvalue weighted by atomic mass is 10.1. The van der Waals surface area contributed by atoms with Gasteiger partial charge in [-0.05, 0) is 66.9 Å². The highest BCUT2D eigenvalue weighted by atomic mass is 79.9. The van der Waals surface area contributed by atoms with Crippen LogP contribution in [0.4, 0.5) is 0 Å². The summed E-state index contributed by atoms with van der Waals surface area (Å²) in [6.45, 7) is 8.07. The Balaban J connectivity index is 2.64. The molecule has 1 atom stereocenters. The second kappa shape index (κ2) is 9.37. The Hall–Kier alpha value is -0.580. The number of ether oxygens (including phenoxy) is 2. The van der Waals surface area contributed by atoms with Gasteiger partial charge in [-0.1, -0.05) is 13.0 Å². The Morgan fingerprint density at radius 1 is 1.30 bits per heavy atom. The molecule has 0 aliphatic carbocycles. The second-order valence-electron chi connectivity index (χ2n) is 5.21. The molecule has 1 N–H and O–H groups in total. The van der Waals surface area contributed by atoms with E-state index in [4.69, 9.17) is 9.47 Å². The van der Waals surface area contributed by atoms with Crippen molar-refractivity contribution in [2.75, 3.05) is 20.3 Å². The average Bonchev–Trinajstić information content (AvgIpc) is 2.42. The molecule has 0 saturated heterocycles. The predicted molar refractivity (Wildman–Crippen MR) is 87.6 cm³/mol. The van der Waals surface area contributed by atoms with Gasteiger partial charge >= 0.3 is 0 Å². The number of benzene rings is 1. The molecule has 114 valence electrons. The summed E-state index contributed by atoms with van der Waals surface area (Å²) in [5.41, 5.74) is 1.28. The third kappa shape index (κ3) is 6.25. The molecular formula is C16H26BrNO2. The van der Waals surface area contributed by atoms with Crippen LogP contribution in [0.2, 0.25) is 0 Å². The van der Waals surface area contributed by atoms with Crippen molar-refractivity contribution >= 4 is 15.9 Å². The van der Waals surface area contributed by atoms with Gasteiger partial charge in [0.1, 0.15) is 5.75 Å². The van der Waals surface area contributed by atoms with Gasteiger partial charge in [-0.2, -0.15) is 0 Å². The van der Waals surface area contributed by atoms with E-state index in [1.165, 1.54) is 5.56 Å². The molecule has 0 aromatic heterocycles. The minimum absolute atomic E-state index is 0.267. The van der Waals surface area contributed by atoms with Crippen LogP contribution < -0.4 is 10.1 Å². The number of methoxy groups -OCH3 is 1. The van der Waals surface area contributed by atoms with Crippen molar-refractivity contribution in [1.29, 1.82) is 0 Å². The van der Waals surface area contributed by atoms with Gasteiger partial charge in [0, 0.05) is 6.04 Å². The van der Waals surface area contributed by atoms with Crippen LogP contribution in [0.3, 0.4) is 0 Å². The predicted octanol–water partition coefficient (Wildman–Crippen LogP) is 3.79. The lowest BCUT2D eigenvalue weighted by molar-refractivity contribution is 0.0613. The number of rotatable bonds is 9. The molecule has 3 nitrogen and oxygen atoms in total. The largest absolute Gasteiger partial charge is 0.496 e. The molecule has 1 rings (SSSR count). The molecule has 0 amide bonds. The van der Waals surface area contributed by atoms with E-state index < -0.39 is 0 Å². The maximum Gasteiger partial charge on any atom is 0.133 e. The standard InChI is InChI=1S/C16H26BrNO2/c1-5-8-18-14(11-20-12(2)3)9-13-6-7-16(19-4)15(17)10-13/h6-7,10,12,14,18H,5,8-9,11H2,1-4H3. The van der Waals surface area contributed by atoms with Gasteiger partial charge in [-0.25, -0.2) is 0 Å². The summed E-state index contributed by atoms with van der Waals surface area (Å²) >= 11 is 3.54. The third-order valence-corrected chi connectivity index (χ3v) is 3.63. The summed E-state index contributed by atoms with van der Waals surface area (Å²) in [7, 11) is 1.68. The van der Waals surface area contributed by atoms with Crippen LogP contribution in [0, 0.1) is 0 Å². The van der Waals surface area contributed by atoms with Crippen molar-refractivity contribution in [3.8, 4) is 5.75 Å². The number of nitrogens with one attached hydrogen (secondary N) is 1. The zero-order valence-electron chi connectivity index (χ0n) is 12.9. The molecule has 0 aliphatic rings.